The van der Waals surface area contributed by atoms with E-state index in [-0.39, 0.29) is 38.2 Å². The predicted molar refractivity (Wildman–Crippen MR) is 183 cm³/mol. The molecule has 5 aromatic rings. The first kappa shape index (κ1) is 33.8. The van der Waals surface area contributed by atoms with Crippen molar-refractivity contribution in [1.82, 2.24) is 15.6 Å². The molecule has 0 radical (unpaired) electrons. The van der Waals surface area contributed by atoms with Crippen molar-refractivity contribution >= 4 is 11.8 Å². The predicted octanol–water partition coefficient (Wildman–Crippen LogP) is 4.91. The molecule has 2 atom stereocenters. The van der Waals surface area contributed by atoms with Crippen molar-refractivity contribution in [3.63, 3.8) is 0 Å². The SMILES string of the molecule is O=C(N[C@H](CO)Cc1ccccc1)c1ccccc1OCc1cccc(COc2ccccc2C(=O)N[C@H](CO)Cc2ccccc2)n1. The normalized spacial score (nSPS) is 12.0. The van der Waals surface area contributed by atoms with Crippen molar-refractivity contribution in [1.29, 1.82) is 0 Å². The van der Waals surface area contributed by atoms with Crippen LogP contribution in [0.3, 0.4) is 0 Å². The van der Waals surface area contributed by atoms with Gasteiger partial charge in [0.25, 0.3) is 11.8 Å². The van der Waals surface area contributed by atoms with E-state index in [2.05, 4.69) is 15.6 Å². The van der Waals surface area contributed by atoms with Crippen LogP contribution in [0, 0.1) is 0 Å². The van der Waals surface area contributed by atoms with Crippen LogP contribution >= 0.6 is 0 Å². The van der Waals surface area contributed by atoms with Gasteiger partial charge in [0.1, 0.15) is 24.7 Å². The van der Waals surface area contributed by atoms with Gasteiger partial charge in [0.15, 0.2) is 0 Å². The molecular formula is C39H39N3O6. The highest BCUT2D eigenvalue weighted by molar-refractivity contribution is 5.97. The monoisotopic (exact) mass is 645 g/mol. The molecule has 2 amide bonds. The lowest BCUT2D eigenvalue weighted by Crippen LogP contribution is -2.39. The number of aliphatic hydroxyl groups excluding tert-OH is 2. The number of nitrogens with zero attached hydrogens (tertiary/aromatic N) is 1. The van der Waals surface area contributed by atoms with E-state index in [4.69, 9.17) is 9.47 Å². The van der Waals surface area contributed by atoms with Crippen molar-refractivity contribution < 1.29 is 29.3 Å². The van der Waals surface area contributed by atoms with E-state index in [1.54, 1.807) is 48.5 Å². The zero-order chi connectivity index (χ0) is 33.6. The van der Waals surface area contributed by atoms with Gasteiger partial charge in [-0.3, -0.25) is 14.6 Å². The molecule has 4 aromatic carbocycles. The van der Waals surface area contributed by atoms with E-state index in [0.29, 0.717) is 46.9 Å². The van der Waals surface area contributed by atoms with E-state index in [0.717, 1.165) is 11.1 Å². The highest BCUT2D eigenvalue weighted by Crippen LogP contribution is 2.22. The Labute approximate surface area is 280 Å². The largest absolute Gasteiger partial charge is 0.486 e. The van der Waals surface area contributed by atoms with Gasteiger partial charge < -0.3 is 30.3 Å². The molecule has 0 unspecified atom stereocenters. The van der Waals surface area contributed by atoms with E-state index >= 15 is 0 Å². The fourth-order valence-corrected chi connectivity index (χ4v) is 5.20. The topological polar surface area (TPSA) is 130 Å². The summed E-state index contributed by atoms with van der Waals surface area (Å²) in [6, 6.07) is 37.8. The van der Waals surface area contributed by atoms with Crippen molar-refractivity contribution in [3.8, 4) is 11.5 Å². The molecule has 0 aliphatic carbocycles. The van der Waals surface area contributed by atoms with Crippen LogP contribution in [0.4, 0.5) is 0 Å². The summed E-state index contributed by atoms with van der Waals surface area (Å²) in [7, 11) is 0. The molecule has 0 saturated heterocycles. The zero-order valence-electron chi connectivity index (χ0n) is 26.5. The summed E-state index contributed by atoms with van der Waals surface area (Å²) in [5, 5.41) is 25.6. The van der Waals surface area contributed by atoms with E-state index in [1.807, 2.05) is 78.9 Å². The first-order valence-electron chi connectivity index (χ1n) is 15.8. The zero-order valence-corrected chi connectivity index (χ0v) is 26.5. The number of aliphatic hydroxyl groups is 2. The standard InChI is InChI=1S/C39H39N3O6/c43-24-32(22-28-12-3-1-4-13-28)41-38(45)34-18-7-9-20-36(34)47-26-30-16-11-17-31(40-30)27-48-37-21-10-8-19-35(37)39(46)42-33(25-44)23-29-14-5-2-6-15-29/h1-21,32-33,43-44H,22-27H2,(H,41,45)(H,42,46)/t32-,33-/m0/s1. The molecule has 5 rings (SSSR count). The summed E-state index contributed by atoms with van der Waals surface area (Å²) in [5.74, 6) is 0.0963. The Morgan fingerprint density at radius 2 is 0.938 bits per heavy atom. The minimum Gasteiger partial charge on any atom is -0.486 e. The van der Waals surface area contributed by atoms with Gasteiger partial charge >= 0.3 is 0 Å². The summed E-state index contributed by atoms with van der Waals surface area (Å²) in [6.07, 6.45) is 0.995. The lowest BCUT2D eigenvalue weighted by Gasteiger charge is -2.18. The number of amides is 2. The van der Waals surface area contributed by atoms with Crippen molar-refractivity contribution in [2.45, 2.75) is 38.1 Å². The Balaban J connectivity index is 1.18. The molecule has 0 spiro atoms. The first-order valence-corrected chi connectivity index (χ1v) is 15.8. The summed E-state index contributed by atoms with van der Waals surface area (Å²) in [4.78, 5) is 31.0. The number of aromatic nitrogens is 1. The molecule has 0 saturated carbocycles. The van der Waals surface area contributed by atoms with E-state index in [1.165, 1.54) is 0 Å². The van der Waals surface area contributed by atoms with E-state index < -0.39 is 12.1 Å². The second kappa shape index (κ2) is 17.4. The average Bonchev–Trinajstić information content (AvgIpc) is 3.13. The van der Waals surface area contributed by atoms with Gasteiger partial charge in [-0.25, -0.2) is 0 Å². The number of para-hydroxylation sites is 2. The number of ether oxygens (including phenoxy) is 2. The highest BCUT2D eigenvalue weighted by Gasteiger charge is 2.19. The molecular weight excluding hydrogens is 606 g/mol. The maximum absolute atomic E-state index is 13.2. The molecule has 4 N–H and O–H groups in total. The number of rotatable bonds is 16. The lowest BCUT2D eigenvalue weighted by atomic mass is 10.1. The molecule has 1 heterocycles. The molecule has 0 fully saturated rings. The molecule has 9 heteroatoms. The van der Waals surface area contributed by atoms with Crippen LogP contribution in [-0.2, 0) is 26.1 Å². The Kier molecular flexibility index (Phi) is 12.3. The quantitative estimate of drug-likeness (QED) is 0.120. The maximum Gasteiger partial charge on any atom is 0.255 e. The molecule has 0 aliphatic rings. The molecule has 9 nitrogen and oxygen atoms in total. The third kappa shape index (κ3) is 9.75. The minimum atomic E-state index is -0.451. The van der Waals surface area contributed by atoms with Gasteiger partial charge in [0.2, 0.25) is 0 Å². The fourth-order valence-electron chi connectivity index (χ4n) is 5.20. The van der Waals surface area contributed by atoms with Crippen molar-refractivity contribution in [2.24, 2.45) is 0 Å². The molecule has 1 aromatic heterocycles. The smallest absolute Gasteiger partial charge is 0.255 e. The summed E-state index contributed by atoms with van der Waals surface area (Å²) in [5.41, 5.74) is 3.98. The highest BCUT2D eigenvalue weighted by atomic mass is 16.5. The summed E-state index contributed by atoms with van der Waals surface area (Å²) >= 11 is 0. The molecule has 246 valence electrons. The van der Waals surface area contributed by atoms with Crippen LogP contribution in [0.1, 0.15) is 43.2 Å². The Hall–Kier alpha value is -5.51. The van der Waals surface area contributed by atoms with Gasteiger partial charge in [-0.2, -0.15) is 0 Å². The van der Waals surface area contributed by atoms with Crippen LogP contribution in [0.2, 0.25) is 0 Å². The number of nitrogens with one attached hydrogen (secondary N) is 2. The van der Waals surface area contributed by atoms with E-state index in [9.17, 15) is 19.8 Å². The molecule has 0 bridgehead atoms. The van der Waals surface area contributed by atoms with Crippen LogP contribution in [0.5, 0.6) is 11.5 Å². The third-order valence-electron chi connectivity index (χ3n) is 7.64. The Morgan fingerprint density at radius 1 is 0.542 bits per heavy atom. The number of carbonyl (C=O) groups is 2. The summed E-state index contributed by atoms with van der Waals surface area (Å²) in [6.45, 7) is -0.187. The number of hydrogen-bond donors (Lipinski definition) is 4. The number of carbonyl (C=O) groups excluding carboxylic acids is 2. The Morgan fingerprint density at radius 3 is 1.35 bits per heavy atom. The van der Waals surface area contributed by atoms with Crippen molar-refractivity contribution in [2.75, 3.05) is 13.2 Å². The maximum atomic E-state index is 13.2. The van der Waals surface area contributed by atoms with Gasteiger partial charge in [-0.15, -0.1) is 0 Å². The number of pyridine rings is 1. The first-order chi connectivity index (χ1) is 23.5. The Bertz CT molecular complexity index is 1640. The van der Waals surface area contributed by atoms with Gasteiger partial charge in [-0.1, -0.05) is 91.0 Å². The second-order valence-electron chi connectivity index (χ2n) is 11.3. The number of hydrogen-bond acceptors (Lipinski definition) is 7. The van der Waals surface area contributed by atoms with Crippen LogP contribution in [-0.4, -0.2) is 52.3 Å². The lowest BCUT2D eigenvalue weighted by molar-refractivity contribution is 0.0904. The van der Waals surface area contributed by atoms with Crippen LogP contribution in [0.15, 0.2) is 127 Å². The minimum absolute atomic E-state index is 0.106. The summed E-state index contributed by atoms with van der Waals surface area (Å²) < 4.78 is 12.1. The van der Waals surface area contributed by atoms with Gasteiger partial charge in [-0.05, 0) is 60.4 Å². The van der Waals surface area contributed by atoms with Crippen LogP contribution < -0.4 is 20.1 Å². The third-order valence-corrected chi connectivity index (χ3v) is 7.64. The second-order valence-corrected chi connectivity index (χ2v) is 11.3. The molecule has 48 heavy (non-hydrogen) atoms. The van der Waals surface area contributed by atoms with Crippen molar-refractivity contribution in [3.05, 3.63) is 161 Å². The molecule has 0 aliphatic heterocycles. The van der Waals surface area contributed by atoms with Gasteiger partial charge in [0.05, 0.1) is 47.8 Å². The number of benzene rings is 4. The van der Waals surface area contributed by atoms with Crippen LogP contribution in [0.25, 0.3) is 0 Å². The average molecular weight is 646 g/mol. The van der Waals surface area contributed by atoms with Gasteiger partial charge in [0, 0.05) is 0 Å². The fraction of sp³-hybridized carbons (Fsp3) is 0.205.